The summed E-state index contributed by atoms with van der Waals surface area (Å²) in [5.74, 6) is 1.38. The molecule has 1 aromatic carbocycles. The molecule has 0 aromatic heterocycles. The number of unbranched alkanes of at least 4 members (excludes halogenated alkanes) is 1. The molecule has 0 N–H and O–H groups in total. The molecule has 4 heteroatoms. The molecule has 2 rings (SSSR count). The first-order chi connectivity index (χ1) is 11.7. The highest BCUT2D eigenvalue weighted by Crippen LogP contribution is 2.28. The zero-order valence-corrected chi connectivity index (χ0v) is 15.3. The summed E-state index contributed by atoms with van der Waals surface area (Å²) in [6, 6.07) is 6.74. The van der Waals surface area contributed by atoms with Gasteiger partial charge in [-0.15, -0.1) is 0 Å². The maximum absolute atomic E-state index is 10.9. The van der Waals surface area contributed by atoms with Gasteiger partial charge in [-0.05, 0) is 71.2 Å². The van der Waals surface area contributed by atoms with Gasteiger partial charge in [-0.2, -0.15) is 0 Å². The third kappa shape index (κ3) is 5.23. The van der Waals surface area contributed by atoms with Crippen LogP contribution in [0.4, 0.5) is 0 Å². The van der Waals surface area contributed by atoms with E-state index in [-0.39, 0.29) is 0 Å². The number of aldehydes is 1. The van der Waals surface area contributed by atoms with E-state index in [0.29, 0.717) is 36.6 Å². The molecule has 24 heavy (non-hydrogen) atoms. The average Bonchev–Trinajstić information content (AvgIpc) is 2.58. The fourth-order valence-electron chi connectivity index (χ4n) is 3.48. The zero-order chi connectivity index (χ0) is 17.4. The molecule has 1 heterocycles. The second kappa shape index (κ2) is 9.67. The van der Waals surface area contributed by atoms with Gasteiger partial charge in [-0.25, -0.2) is 0 Å². The predicted octanol–water partition coefficient (Wildman–Crippen LogP) is 4.32. The number of benzene rings is 1. The number of nitrogens with zero attached hydrogens (tertiary/aromatic N) is 1. The van der Waals surface area contributed by atoms with Crippen molar-refractivity contribution in [3.8, 4) is 11.5 Å². The van der Waals surface area contributed by atoms with Crippen molar-refractivity contribution in [1.29, 1.82) is 0 Å². The Morgan fingerprint density at radius 2 is 1.88 bits per heavy atom. The minimum atomic E-state index is 0.559. The van der Waals surface area contributed by atoms with Crippen LogP contribution in [0.1, 0.15) is 63.2 Å². The van der Waals surface area contributed by atoms with E-state index in [0.717, 1.165) is 31.4 Å². The highest BCUT2D eigenvalue weighted by molar-refractivity contribution is 5.76. The van der Waals surface area contributed by atoms with Crippen LogP contribution < -0.4 is 9.47 Å². The topological polar surface area (TPSA) is 38.8 Å². The van der Waals surface area contributed by atoms with Crippen molar-refractivity contribution >= 4 is 6.29 Å². The number of carbonyl (C=O) groups is 1. The Hall–Kier alpha value is -1.55. The van der Waals surface area contributed by atoms with Gasteiger partial charge in [-0.1, -0.05) is 6.42 Å². The summed E-state index contributed by atoms with van der Waals surface area (Å²) in [7, 11) is 0. The summed E-state index contributed by atoms with van der Waals surface area (Å²) in [5, 5.41) is 0. The summed E-state index contributed by atoms with van der Waals surface area (Å²) in [5.41, 5.74) is 0.610. The van der Waals surface area contributed by atoms with E-state index in [4.69, 9.17) is 9.47 Å². The Labute approximate surface area is 146 Å². The van der Waals surface area contributed by atoms with Crippen molar-refractivity contribution in [1.82, 2.24) is 4.90 Å². The second-order valence-electron chi connectivity index (χ2n) is 6.68. The van der Waals surface area contributed by atoms with E-state index in [1.165, 1.54) is 19.3 Å². The van der Waals surface area contributed by atoms with Gasteiger partial charge in [0.05, 0.1) is 13.2 Å². The molecule has 0 aliphatic carbocycles. The molecular formula is C20H31NO3. The van der Waals surface area contributed by atoms with E-state index in [2.05, 4.69) is 18.7 Å². The highest BCUT2D eigenvalue weighted by Gasteiger charge is 2.23. The van der Waals surface area contributed by atoms with Gasteiger partial charge >= 0.3 is 0 Å². The van der Waals surface area contributed by atoms with E-state index < -0.39 is 0 Å². The van der Waals surface area contributed by atoms with Crippen molar-refractivity contribution in [3.05, 3.63) is 23.8 Å². The molecular weight excluding hydrogens is 302 g/mol. The van der Waals surface area contributed by atoms with Gasteiger partial charge in [0.1, 0.15) is 6.29 Å². The van der Waals surface area contributed by atoms with Crippen LogP contribution in [0.15, 0.2) is 18.2 Å². The van der Waals surface area contributed by atoms with E-state index >= 15 is 0 Å². The van der Waals surface area contributed by atoms with Crippen molar-refractivity contribution in [2.24, 2.45) is 0 Å². The fraction of sp³-hybridized carbons (Fsp3) is 0.650. The van der Waals surface area contributed by atoms with Crippen molar-refractivity contribution < 1.29 is 14.3 Å². The van der Waals surface area contributed by atoms with Crippen molar-refractivity contribution in [2.45, 2.75) is 65.0 Å². The molecule has 134 valence electrons. The Bertz CT molecular complexity index is 508. The van der Waals surface area contributed by atoms with Crippen LogP contribution in [-0.2, 0) is 0 Å². The third-order valence-corrected chi connectivity index (χ3v) is 4.85. The lowest BCUT2D eigenvalue weighted by Gasteiger charge is -2.39. The van der Waals surface area contributed by atoms with Crippen molar-refractivity contribution in [3.63, 3.8) is 0 Å². The summed E-state index contributed by atoms with van der Waals surface area (Å²) in [4.78, 5) is 13.5. The van der Waals surface area contributed by atoms with Crippen LogP contribution in [0.25, 0.3) is 0 Å². The molecule has 1 aliphatic rings. The summed E-state index contributed by atoms with van der Waals surface area (Å²) >= 11 is 0. The van der Waals surface area contributed by atoms with Gasteiger partial charge in [0, 0.05) is 17.6 Å². The molecule has 0 amide bonds. The maximum Gasteiger partial charge on any atom is 0.161 e. The first-order valence-corrected chi connectivity index (χ1v) is 9.26. The smallest absolute Gasteiger partial charge is 0.161 e. The fourth-order valence-corrected chi connectivity index (χ4v) is 3.48. The van der Waals surface area contributed by atoms with Gasteiger partial charge < -0.3 is 9.47 Å². The van der Waals surface area contributed by atoms with Gasteiger partial charge in [0.2, 0.25) is 0 Å². The summed E-state index contributed by atoms with van der Waals surface area (Å²) in [6.45, 7) is 9.00. The lowest BCUT2D eigenvalue weighted by atomic mass is 9.97. The SMILES string of the molecule is CCOc1cc(C=O)ccc1OCCCCN1[C@@H](C)CCC[C@@H]1C. The number of carbonyl (C=O) groups excluding carboxylic acids is 1. The average molecular weight is 333 g/mol. The van der Waals surface area contributed by atoms with Crippen LogP contribution in [0.3, 0.4) is 0 Å². The van der Waals surface area contributed by atoms with Crippen molar-refractivity contribution in [2.75, 3.05) is 19.8 Å². The quantitative estimate of drug-likeness (QED) is 0.498. The van der Waals surface area contributed by atoms with Crippen LogP contribution in [0, 0.1) is 0 Å². The molecule has 1 saturated heterocycles. The number of ether oxygens (including phenoxy) is 2. The summed E-state index contributed by atoms with van der Waals surface area (Å²) in [6.07, 6.45) is 7.00. The molecule has 1 aliphatic heterocycles. The predicted molar refractivity (Wildman–Crippen MR) is 97.2 cm³/mol. The minimum absolute atomic E-state index is 0.559. The molecule has 1 aromatic rings. The molecule has 0 radical (unpaired) electrons. The number of hydrogen-bond acceptors (Lipinski definition) is 4. The molecule has 4 nitrogen and oxygen atoms in total. The Balaban J connectivity index is 1.76. The van der Waals surface area contributed by atoms with Crippen LogP contribution in [-0.4, -0.2) is 43.0 Å². The van der Waals surface area contributed by atoms with E-state index in [1.807, 2.05) is 13.0 Å². The Kier molecular flexibility index (Phi) is 7.57. The van der Waals surface area contributed by atoms with Gasteiger partial charge in [-0.3, -0.25) is 9.69 Å². The van der Waals surface area contributed by atoms with E-state index in [9.17, 15) is 4.79 Å². The molecule has 1 fully saturated rings. The lowest BCUT2D eigenvalue weighted by Crippen LogP contribution is -2.44. The third-order valence-electron chi connectivity index (χ3n) is 4.85. The number of rotatable bonds is 9. The monoisotopic (exact) mass is 333 g/mol. The zero-order valence-electron chi connectivity index (χ0n) is 15.3. The van der Waals surface area contributed by atoms with Gasteiger partial charge in [0.15, 0.2) is 11.5 Å². The summed E-state index contributed by atoms with van der Waals surface area (Å²) < 4.78 is 11.4. The normalized spacial score (nSPS) is 21.5. The maximum atomic E-state index is 10.9. The first-order valence-electron chi connectivity index (χ1n) is 9.26. The van der Waals surface area contributed by atoms with Crippen LogP contribution in [0.5, 0.6) is 11.5 Å². The van der Waals surface area contributed by atoms with E-state index in [1.54, 1.807) is 12.1 Å². The minimum Gasteiger partial charge on any atom is -0.490 e. The Morgan fingerprint density at radius 1 is 1.12 bits per heavy atom. The standard InChI is InChI=1S/C20H31NO3/c1-4-23-20-14-18(15-22)10-11-19(20)24-13-6-5-12-21-16(2)8-7-9-17(21)3/h10-11,14-17H,4-9,12-13H2,1-3H3/t16-,17-/m0/s1. The second-order valence-corrected chi connectivity index (χ2v) is 6.68. The molecule has 0 saturated carbocycles. The highest BCUT2D eigenvalue weighted by atomic mass is 16.5. The molecule has 0 bridgehead atoms. The molecule has 0 spiro atoms. The van der Waals surface area contributed by atoms with Crippen LogP contribution in [0.2, 0.25) is 0 Å². The van der Waals surface area contributed by atoms with Gasteiger partial charge in [0.25, 0.3) is 0 Å². The lowest BCUT2D eigenvalue weighted by molar-refractivity contribution is 0.0995. The molecule has 2 atom stereocenters. The number of piperidine rings is 1. The Morgan fingerprint density at radius 3 is 2.54 bits per heavy atom. The van der Waals surface area contributed by atoms with Crippen LogP contribution >= 0.6 is 0 Å². The number of hydrogen-bond donors (Lipinski definition) is 0. The number of likely N-dealkylation sites (tertiary alicyclic amines) is 1. The first kappa shape index (κ1) is 18.8. The largest absolute Gasteiger partial charge is 0.490 e. The molecule has 0 unspecified atom stereocenters.